The third-order valence-electron chi connectivity index (χ3n) is 6.51. The number of sulfonamides is 1. The van der Waals surface area contributed by atoms with E-state index in [-0.39, 0.29) is 17.3 Å². The van der Waals surface area contributed by atoms with Crippen molar-refractivity contribution in [1.29, 1.82) is 0 Å². The Morgan fingerprint density at radius 2 is 1.64 bits per heavy atom. The Balaban J connectivity index is 2.06. The van der Waals surface area contributed by atoms with Crippen LogP contribution in [0.1, 0.15) is 37.0 Å². The molecule has 0 aromatic heterocycles. The molecule has 208 valence electrons. The van der Waals surface area contributed by atoms with Gasteiger partial charge in [-0.05, 0) is 74.2 Å². The van der Waals surface area contributed by atoms with Crippen LogP contribution in [0.5, 0.6) is 0 Å². The molecule has 0 saturated heterocycles. The van der Waals surface area contributed by atoms with Gasteiger partial charge in [0, 0.05) is 13.1 Å². The molecule has 2 amide bonds. The summed E-state index contributed by atoms with van der Waals surface area (Å²) in [5.41, 5.74) is 2.66. The number of nitrogens with one attached hydrogen (secondary N) is 1. The molecule has 3 aromatic rings. The molecule has 0 radical (unpaired) electrons. The summed E-state index contributed by atoms with van der Waals surface area (Å²) in [4.78, 5) is 28.3. The molecule has 1 atom stereocenters. The quantitative estimate of drug-likeness (QED) is 0.308. The topological polar surface area (TPSA) is 86.8 Å². The summed E-state index contributed by atoms with van der Waals surface area (Å²) in [5.74, 6) is -0.880. The molecule has 1 N–H and O–H groups in total. The molecule has 7 nitrogen and oxygen atoms in total. The van der Waals surface area contributed by atoms with Crippen LogP contribution in [-0.2, 0) is 26.2 Å². The van der Waals surface area contributed by atoms with Crippen molar-refractivity contribution >= 4 is 50.7 Å². The Morgan fingerprint density at radius 1 is 0.949 bits per heavy atom. The molecule has 0 bridgehead atoms. The van der Waals surface area contributed by atoms with Crippen LogP contribution in [0, 0.1) is 13.8 Å². The molecule has 39 heavy (non-hydrogen) atoms. The number of nitrogens with zero attached hydrogens (tertiary/aromatic N) is 2. The van der Waals surface area contributed by atoms with Gasteiger partial charge in [0.25, 0.3) is 10.0 Å². The van der Waals surface area contributed by atoms with Gasteiger partial charge in [0.2, 0.25) is 11.8 Å². The lowest BCUT2D eigenvalue weighted by Gasteiger charge is -2.32. The highest BCUT2D eigenvalue weighted by atomic mass is 35.5. The Bertz CT molecular complexity index is 1430. The van der Waals surface area contributed by atoms with Crippen molar-refractivity contribution in [2.24, 2.45) is 0 Å². The van der Waals surface area contributed by atoms with Crippen LogP contribution in [0.15, 0.2) is 71.6 Å². The third kappa shape index (κ3) is 7.32. The third-order valence-corrected chi connectivity index (χ3v) is 9.02. The van der Waals surface area contributed by atoms with Gasteiger partial charge in [-0.1, -0.05) is 66.5 Å². The molecular formula is C29H33Cl2N3O4S. The van der Waals surface area contributed by atoms with E-state index in [1.165, 1.54) is 17.0 Å². The average molecular weight is 591 g/mol. The second kappa shape index (κ2) is 13.3. The van der Waals surface area contributed by atoms with E-state index >= 15 is 0 Å². The largest absolute Gasteiger partial charge is 0.354 e. The molecule has 0 fully saturated rings. The number of amides is 2. The van der Waals surface area contributed by atoms with Gasteiger partial charge < -0.3 is 10.2 Å². The van der Waals surface area contributed by atoms with Crippen LogP contribution in [-0.4, -0.2) is 44.3 Å². The van der Waals surface area contributed by atoms with E-state index < -0.39 is 28.5 Å². The van der Waals surface area contributed by atoms with Crippen molar-refractivity contribution in [3.05, 3.63) is 93.5 Å². The van der Waals surface area contributed by atoms with E-state index in [0.717, 1.165) is 21.9 Å². The van der Waals surface area contributed by atoms with Gasteiger partial charge in [-0.25, -0.2) is 8.42 Å². The Hall–Kier alpha value is -3.07. The van der Waals surface area contributed by atoms with Crippen LogP contribution in [0.25, 0.3) is 0 Å². The van der Waals surface area contributed by atoms with Gasteiger partial charge in [-0.3, -0.25) is 13.9 Å². The van der Waals surface area contributed by atoms with E-state index in [4.69, 9.17) is 23.2 Å². The molecule has 0 spiro atoms. The molecule has 0 heterocycles. The molecule has 3 rings (SSSR count). The number of carbonyl (C=O) groups excluding carboxylic acids is 2. The second-order valence-corrected chi connectivity index (χ2v) is 12.0. The molecule has 0 aliphatic rings. The van der Waals surface area contributed by atoms with Crippen LogP contribution in [0.2, 0.25) is 10.0 Å². The Morgan fingerprint density at radius 3 is 2.28 bits per heavy atom. The first-order valence-electron chi connectivity index (χ1n) is 12.6. The zero-order chi connectivity index (χ0) is 28.7. The smallest absolute Gasteiger partial charge is 0.264 e. The molecule has 0 saturated carbocycles. The lowest BCUT2D eigenvalue weighted by atomic mass is 10.1. The number of aryl methyl sites for hydroxylation is 1. The second-order valence-electron chi connectivity index (χ2n) is 9.28. The minimum absolute atomic E-state index is 0.0302. The van der Waals surface area contributed by atoms with Gasteiger partial charge in [0.15, 0.2) is 0 Å². The van der Waals surface area contributed by atoms with Crippen molar-refractivity contribution in [3.8, 4) is 0 Å². The number of hydrogen-bond acceptors (Lipinski definition) is 4. The predicted molar refractivity (Wildman–Crippen MR) is 157 cm³/mol. The summed E-state index contributed by atoms with van der Waals surface area (Å²) < 4.78 is 28.9. The first-order valence-corrected chi connectivity index (χ1v) is 14.8. The lowest BCUT2D eigenvalue weighted by Crippen LogP contribution is -2.51. The van der Waals surface area contributed by atoms with Gasteiger partial charge in [0.05, 0.1) is 20.6 Å². The monoisotopic (exact) mass is 589 g/mol. The SMILES string of the molecule is CCCNC(=O)C(C)N(Cc1ccc(Cl)c(Cl)c1)C(=O)CN(c1cccc(C)c1C)S(=O)(=O)c1ccccc1. The van der Waals surface area contributed by atoms with Gasteiger partial charge in [-0.2, -0.15) is 0 Å². The Kier molecular flexibility index (Phi) is 10.4. The molecule has 3 aromatic carbocycles. The number of anilines is 1. The summed E-state index contributed by atoms with van der Waals surface area (Å²) in [7, 11) is -4.12. The van der Waals surface area contributed by atoms with Crippen LogP contribution in [0.3, 0.4) is 0 Å². The molecule has 10 heteroatoms. The fourth-order valence-corrected chi connectivity index (χ4v) is 5.87. The average Bonchev–Trinajstić information content (AvgIpc) is 2.92. The highest BCUT2D eigenvalue weighted by molar-refractivity contribution is 7.92. The number of halogens is 2. The van der Waals surface area contributed by atoms with E-state index in [1.54, 1.807) is 55.5 Å². The maximum atomic E-state index is 14.0. The van der Waals surface area contributed by atoms with E-state index in [1.807, 2.05) is 26.8 Å². The van der Waals surface area contributed by atoms with Gasteiger partial charge in [-0.15, -0.1) is 0 Å². The normalized spacial score (nSPS) is 12.1. The molecule has 1 unspecified atom stereocenters. The van der Waals surface area contributed by atoms with Crippen LogP contribution < -0.4 is 9.62 Å². The van der Waals surface area contributed by atoms with Crippen LogP contribution in [0.4, 0.5) is 5.69 Å². The summed E-state index contributed by atoms with van der Waals surface area (Å²) in [5, 5.41) is 3.50. The zero-order valence-electron chi connectivity index (χ0n) is 22.4. The summed E-state index contributed by atoms with van der Waals surface area (Å²) in [6.45, 7) is 7.22. The number of rotatable bonds is 11. The molecular weight excluding hydrogens is 557 g/mol. The number of hydrogen-bond donors (Lipinski definition) is 1. The molecule has 0 aliphatic heterocycles. The minimum atomic E-state index is -4.12. The van der Waals surface area contributed by atoms with E-state index in [2.05, 4.69) is 5.32 Å². The van der Waals surface area contributed by atoms with Crippen LogP contribution >= 0.6 is 23.2 Å². The molecule has 0 aliphatic carbocycles. The standard InChI is InChI=1S/C29H33Cl2N3O4S/c1-5-16-32-29(36)22(4)33(18-23-14-15-25(30)26(31)17-23)28(35)19-34(27-13-9-10-20(2)21(27)3)39(37,38)24-11-7-6-8-12-24/h6-15,17,22H,5,16,18-19H2,1-4H3,(H,32,36). The number of benzene rings is 3. The van der Waals surface area contributed by atoms with Gasteiger partial charge >= 0.3 is 0 Å². The fraction of sp³-hybridized carbons (Fsp3) is 0.310. The lowest BCUT2D eigenvalue weighted by molar-refractivity contribution is -0.139. The maximum absolute atomic E-state index is 14.0. The van der Waals surface area contributed by atoms with Crippen molar-refractivity contribution in [3.63, 3.8) is 0 Å². The van der Waals surface area contributed by atoms with Gasteiger partial charge in [0.1, 0.15) is 12.6 Å². The summed E-state index contributed by atoms with van der Waals surface area (Å²) in [6, 6.07) is 17.4. The predicted octanol–water partition coefficient (Wildman–Crippen LogP) is 5.75. The van der Waals surface area contributed by atoms with Crippen molar-refractivity contribution < 1.29 is 18.0 Å². The van der Waals surface area contributed by atoms with E-state index in [9.17, 15) is 18.0 Å². The van der Waals surface area contributed by atoms with Crippen molar-refractivity contribution in [1.82, 2.24) is 10.2 Å². The first kappa shape index (κ1) is 30.5. The van der Waals surface area contributed by atoms with Crippen molar-refractivity contribution in [2.45, 2.75) is 51.6 Å². The maximum Gasteiger partial charge on any atom is 0.264 e. The highest BCUT2D eigenvalue weighted by Gasteiger charge is 2.33. The minimum Gasteiger partial charge on any atom is -0.354 e. The summed E-state index contributed by atoms with van der Waals surface area (Å²) in [6.07, 6.45) is 0.731. The highest BCUT2D eigenvalue weighted by Crippen LogP contribution is 2.29. The number of carbonyl (C=O) groups is 2. The fourth-order valence-electron chi connectivity index (χ4n) is 4.05. The summed E-state index contributed by atoms with van der Waals surface area (Å²) >= 11 is 12.3. The van der Waals surface area contributed by atoms with Crippen molar-refractivity contribution in [2.75, 3.05) is 17.4 Å². The van der Waals surface area contributed by atoms with E-state index in [0.29, 0.717) is 27.8 Å². The first-order chi connectivity index (χ1) is 18.5. The Labute approximate surface area is 240 Å². The zero-order valence-corrected chi connectivity index (χ0v) is 24.8.